The molecule has 3 unspecified atom stereocenters. The van der Waals surface area contributed by atoms with E-state index in [1.807, 2.05) is 6.92 Å². The Hall–Kier alpha value is -0.790. The lowest BCUT2D eigenvalue weighted by Crippen LogP contribution is -2.24. The zero-order valence-electron chi connectivity index (χ0n) is 8.95. The van der Waals surface area contributed by atoms with E-state index in [4.69, 9.17) is 4.74 Å². The summed E-state index contributed by atoms with van der Waals surface area (Å²) in [6.07, 6.45) is 6.42. The van der Waals surface area contributed by atoms with Gasteiger partial charge in [0.1, 0.15) is 6.10 Å². The van der Waals surface area contributed by atoms with Crippen molar-refractivity contribution in [1.29, 1.82) is 0 Å². The van der Waals surface area contributed by atoms with E-state index in [0.29, 0.717) is 18.3 Å². The molecule has 2 fully saturated rings. The summed E-state index contributed by atoms with van der Waals surface area (Å²) in [5.74, 6) is 1.28. The van der Waals surface area contributed by atoms with Gasteiger partial charge in [0.25, 0.3) is 0 Å². The topological polar surface area (TPSA) is 26.3 Å². The van der Waals surface area contributed by atoms with Gasteiger partial charge in [0, 0.05) is 12.3 Å². The molecule has 2 aliphatic rings. The van der Waals surface area contributed by atoms with Crippen LogP contribution in [0.1, 0.15) is 39.5 Å². The predicted molar refractivity (Wildman–Crippen MR) is 54.8 cm³/mol. The Morgan fingerprint density at radius 2 is 2.36 bits per heavy atom. The van der Waals surface area contributed by atoms with Gasteiger partial charge in [-0.05, 0) is 32.1 Å². The zero-order valence-corrected chi connectivity index (χ0v) is 8.95. The second kappa shape index (κ2) is 3.76. The highest BCUT2D eigenvalue weighted by molar-refractivity contribution is 5.69. The van der Waals surface area contributed by atoms with Crippen molar-refractivity contribution in [2.75, 3.05) is 0 Å². The highest BCUT2D eigenvalue weighted by atomic mass is 16.5. The first-order valence-electron chi connectivity index (χ1n) is 5.59. The first kappa shape index (κ1) is 9.75. The Bertz CT molecular complexity index is 267. The molecule has 2 aliphatic carbocycles. The lowest BCUT2D eigenvalue weighted by molar-refractivity contribution is -0.150. The number of hydrogen-bond acceptors (Lipinski definition) is 2. The first-order chi connectivity index (χ1) is 6.74. The van der Waals surface area contributed by atoms with Crippen LogP contribution in [0.25, 0.3) is 0 Å². The normalized spacial score (nSPS) is 37.9. The number of allylic oxidation sites excluding steroid dienone is 2. The van der Waals surface area contributed by atoms with Crippen LogP contribution in [0.15, 0.2) is 11.6 Å². The number of esters is 1. The standard InChI is InChI=1S/C12H18O2/c1-3-8-5-10-6-9(8)7-11(10)14-12(13)4-2/h3,9-11H,4-7H2,1-2H3/b8-3-. The van der Waals surface area contributed by atoms with Crippen molar-refractivity contribution in [1.82, 2.24) is 0 Å². The lowest BCUT2D eigenvalue weighted by Gasteiger charge is -2.23. The van der Waals surface area contributed by atoms with Crippen molar-refractivity contribution < 1.29 is 9.53 Å². The second-order valence-electron chi connectivity index (χ2n) is 4.38. The van der Waals surface area contributed by atoms with E-state index in [-0.39, 0.29) is 12.1 Å². The van der Waals surface area contributed by atoms with Gasteiger partial charge < -0.3 is 4.74 Å². The third kappa shape index (κ3) is 1.58. The van der Waals surface area contributed by atoms with Crippen molar-refractivity contribution in [2.45, 2.75) is 45.6 Å². The average Bonchev–Trinajstić information content (AvgIpc) is 2.75. The van der Waals surface area contributed by atoms with Crippen molar-refractivity contribution in [3.63, 3.8) is 0 Å². The zero-order chi connectivity index (χ0) is 10.1. The molecular formula is C12H18O2. The summed E-state index contributed by atoms with van der Waals surface area (Å²) in [6.45, 7) is 3.97. The van der Waals surface area contributed by atoms with E-state index in [9.17, 15) is 4.79 Å². The van der Waals surface area contributed by atoms with Crippen molar-refractivity contribution in [3.05, 3.63) is 11.6 Å². The fourth-order valence-electron chi connectivity index (χ4n) is 2.82. The van der Waals surface area contributed by atoms with E-state index in [1.165, 1.54) is 6.42 Å². The third-order valence-corrected chi connectivity index (χ3v) is 3.59. The molecule has 0 saturated heterocycles. The van der Waals surface area contributed by atoms with Crippen LogP contribution in [0.4, 0.5) is 0 Å². The van der Waals surface area contributed by atoms with Gasteiger partial charge in [-0.25, -0.2) is 0 Å². The molecule has 0 spiro atoms. The molecule has 3 atom stereocenters. The molecular weight excluding hydrogens is 176 g/mol. The molecule has 0 aromatic carbocycles. The number of ether oxygens (including phenoxy) is 1. The van der Waals surface area contributed by atoms with Gasteiger partial charge in [-0.3, -0.25) is 4.79 Å². The molecule has 2 saturated carbocycles. The van der Waals surface area contributed by atoms with Gasteiger partial charge in [-0.1, -0.05) is 18.6 Å². The molecule has 2 bridgehead atoms. The summed E-state index contributed by atoms with van der Waals surface area (Å²) in [4.78, 5) is 11.2. The van der Waals surface area contributed by atoms with E-state index in [1.54, 1.807) is 5.57 Å². The number of carbonyl (C=O) groups is 1. The second-order valence-corrected chi connectivity index (χ2v) is 4.38. The van der Waals surface area contributed by atoms with E-state index in [2.05, 4.69) is 13.0 Å². The average molecular weight is 194 g/mol. The molecule has 0 amide bonds. The van der Waals surface area contributed by atoms with Gasteiger partial charge in [0.15, 0.2) is 0 Å². The number of rotatable bonds is 2. The van der Waals surface area contributed by atoms with Crippen LogP contribution in [0, 0.1) is 11.8 Å². The highest BCUT2D eigenvalue weighted by Gasteiger charge is 2.44. The molecule has 2 rings (SSSR count). The molecule has 2 heteroatoms. The summed E-state index contributed by atoms with van der Waals surface area (Å²) in [5, 5.41) is 0. The Balaban J connectivity index is 1.93. The van der Waals surface area contributed by atoms with Crippen LogP contribution in [0.5, 0.6) is 0 Å². The maximum atomic E-state index is 11.2. The molecule has 0 aromatic heterocycles. The van der Waals surface area contributed by atoms with Crippen LogP contribution in [-0.4, -0.2) is 12.1 Å². The summed E-state index contributed by atoms with van der Waals surface area (Å²) in [7, 11) is 0. The Kier molecular flexibility index (Phi) is 2.62. The molecule has 0 heterocycles. The predicted octanol–water partition coefficient (Wildman–Crippen LogP) is 2.68. The minimum atomic E-state index is -0.0374. The monoisotopic (exact) mass is 194 g/mol. The van der Waals surface area contributed by atoms with E-state index >= 15 is 0 Å². The SMILES string of the molecule is C/C=C1/CC2CC1CC2OC(=O)CC. The molecule has 14 heavy (non-hydrogen) atoms. The quantitative estimate of drug-likeness (QED) is 0.499. The van der Waals surface area contributed by atoms with Crippen LogP contribution >= 0.6 is 0 Å². The van der Waals surface area contributed by atoms with Crippen molar-refractivity contribution in [2.24, 2.45) is 11.8 Å². The summed E-state index contributed by atoms with van der Waals surface area (Å²) in [5.41, 5.74) is 1.58. The number of hydrogen-bond donors (Lipinski definition) is 0. The largest absolute Gasteiger partial charge is 0.462 e. The van der Waals surface area contributed by atoms with Gasteiger partial charge >= 0.3 is 5.97 Å². The van der Waals surface area contributed by atoms with E-state index < -0.39 is 0 Å². The first-order valence-corrected chi connectivity index (χ1v) is 5.59. The van der Waals surface area contributed by atoms with Crippen LogP contribution in [-0.2, 0) is 9.53 Å². The van der Waals surface area contributed by atoms with Gasteiger partial charge in [0.2, 0.25) is 0 Å². The maximum Gasteiger partial charge on any atom is 0.305 e. The van der Waals surface area contributed by atoms with Crippen LogP contribution < -0.4 is 0 Å². The highest BCUT2D eigenvalue weighted by Crippen LogP contribution is 2.49. The summed E-state index contributed by atoms with van der Waals surface area (Å²) >= 11 is 0. The summed E-state index contributed by atoms with van der Waals surface area (Å²) in [6, 6.07) is 0. The smallest absolute Gasteiger partial charge is 0.305 e. The Labute approximate surface area is 85.3 Å². The van der Waals surface area contributed by atoms with E-state index in [0.717, 1.165) is 12.8 Å². The summed E-state index contributed by atoms with van der Waals surface area (Å²) < 4.78 is 5.42. The Morgan fingerprint density at radius 3 is 2.86 bits per heavy atom. The maximum absolute atomic E-state index is 11.2. The number of carbonyl (C=O) groups excluding carboxylic acids is 1. The molecule has 0 radical (unpaired) electrons. The molecule has 0 aliphatic heterocycles. The molecule has 0 N–H and O–H groups in total. The van der Waals surface area contributed by atoms with Gasteiger partial charge in [-0.2, -0.15) is 0 Å². The van der Waals surface area contributed by atoms with Gasteiger partial charge in [0.05, 0.1) is 0 Å². The van der Waals surface area contributed by atoms with Crippen molar-refractivity contribution >= 4 is 5.97 Å². The molecule has 2 nitrogen and oxygen atoms in total. The van der Waals surface area contributed by atoms with Crippen molar-refractivity contribution in [3.8, 4) is 0 Å². The van der Waals surface area contributed by atoms with Crippen LogP contribution in [0.3, 0.4) is 0 Å². The molecule has 0 aromatic rings. The fourth-order valence-corrected chi connectivity index (χ4v) is 2.82. The van der Waals surface area contributed by atoms with Gasteiger partial charge in [-0.15, -0.1) is 0 Å². The fraction of sp³-hybridized carbons (Fsp3) is 0.750. The Morgan fingerprint density at radius 1 is 1.57 bits per heavy atom. The molecule has 78 valence electrons. The number of fused-ring (bicyclic) bond motifs is 2. The lowest BCUT2D eigenvalue weighted by atomic mass is 9.92. The third-order valence-electron chi connectivity index (χ3n) is 3.59. The minimum absolute atomic E-state index is 0.0374. The minimum Gasteiger partial charge on any atom is -0.462 e. The van der Waals surface area contributed by atoms with Crippen LogP contribution in [0.2, 0.25) is 0 Å².